The van der Waals surface area contributed by atoms with Crippen LogP contribution in [0.5, 0.6) is 0 Å². The Morgan fingerprint density at radius 2 is 2.00 bits per heavy atom. The van der Waals surface area contributed by atoms with Crippen LogP contribution in [0.15, 0.2) is 30.3 Å². The van der Waals surface area contributed by atoms with Crippen molar-refractivity contribution in [2.45, 2.75) is 26.4 Å². The van der Waals surface area contributed by atoms with Crippen molar-refractivity contribution in [1.82, 2.24) is 5.32 Å². The van der Waals surface area contributed by atoms with Crippen molar-refractivity contribution >= 4 is 5.97 Å². The predicted octanol–water partition coefficient (Wildman–Crippen LogP) is 1.77. The van der Waals surface area contributed by atoms with Gasteiger partial charge in [-0.25, -0.2) is 0 Å². The summed E-state index contributed by atoms with van der Waals surface area (Å²) < 4.78 is 5.00. The normalized spacial score (nSPS) is 10.4. The first-order valence-electron chi connectivity index (χ1n) is 5.62. The molecule has 0 unspecified atom stereocenters. The fourth-order valence-electron chi connectivity index (χ4n) is 1.37. The lowest BCUT2D eigenvalue weighted by molar-refractivity contribution is -0.146. The van der Waals surface area contributed by atoms with Gasteiger partial charge in [0.15, 0.2) is 0 Å². The lowest BCUT2D eigenvalue weighted by atomic mass is 10.1. The van der Waals surface area contributed by atoms with Crippen molar-refractivity contribution in [2.75, 3.05) is 13.1 Å². The van der Waals surface area contributed by atoms with Gasteiger partial charge in [-0.15, -0.1) is 0 Å². The van der Waals surface area contributed by atoms with Crippen molar-refractivity contribution in [3.05, 3.63) is 35.9 Å². The Labute approximate surface area is 96.8 Å². The van der Waals surface area contributed by atoms with Gasteiger partial charge in [-0.3, -0.25) is 4.79 Å². The van der Waals surface area contributed by atoms with Crippen LogP contribution < -0.4 is 5.32 Å². The zero-order valence-corrected chi connectivity index (χ0v) is 9.90. The summed E-state index contributed by atoms with van der Waals surface area (Å²) in [5.41, 5.74) is 1.27. The van der Waals surface area contributed by atoms with E-state index in [1.807, 2.05) is 32.0 Å². The molecule has 3 heteroatoms. The number of esters is 1. The maximum atomic E-state index is 11.2. The maximum Gasteiger partial charge on any atom is 0.320 e. The number of rotatable bonds is 6. The molecule has 0 radical (unpaired) electrons. The average molecular weight is 221 g/mol. The van der Waals surface area contributed by atoms with Crippen molar-refractivity contribution < 1.29 is 9.53 Å². The third kappa shape index (κ3) is 5.51. The van der Waals surface area contributed by atoms with Crippen LogP contribution in [0.1, 0.15) is 19.4 Å². The Balaban J connectivity index is 2.10. The monoisotopic (exact) mass is 221 g/mol. The molecule has 3 nitrogen and oxygen atoms in total. The number of benzene rings is 1. The van der Waals surface area contributed by atoms with E-state index in [0.29, 0.717) is 0 Å². The molecule has 88 valence electrons. The minimum atomic E-state index is -0.192. The second kappa shape index (κ2) is 7.01. The van der Waals surface area contributed by atoms with Crippen molar-refractivity contribution in [3.63, 3.8) is 0 Å². The predicted molar refractivity (Wildman–Crippen MR) is 64.2 cm³/mol. The van der Waals surface area contributed by atoms with Gasteiger partial charge >= 0.3 is 5.97 Å². The molecule has 0 atom stereocenters. The Morgan fingerprint density at radius 3 is 2.62 bits per heavy atom. The Hall–Kier alpha value is -1.35. The van der Waals surface area contributed by atoms with Gasteiger partial charge in [0.1, 0.15) is 0 Å². The fourth-order valence-corrected chi connectivity index (χ4v) is 1.37. The summed E-state index contributed by atoms with van der Waals surface area (Å²) in [6.07, 6.45) is 0.888. The Bertz CT molecular complexity index is 309. The molecule has 1 aromatic carbocycles. The standard InChI is InChI=1S/C13H19NO2/c1-11(2)16-13(15)10-14-9-8-12-6-4-3-5-7-12/h3-7,11,14H,8-10H2,1-2H3. The van der Waals surface area contributed by atoms with E-state index < -0.39 is 0 Å². The van der Waals surface area contributed by atoms with Crippen LogP contribution in [0, 0.1) is 0 Å². The molecule has 1 rings (SSSR count). The van der Waals surface area contributed by atoms with E-state index in [0.717, 1.165) is 13.0 Å². The summed E-state index contributed by atoms with van der Waals surface area (Å²) in [5.74, 6) is -0.192. The van der Waals surface area contributed by atoms with Gasteiger partial charge in [-0.1, -0.05) is 30.3 Å². The van der Waals surface area contributed by atoms with E-state index in [2.05, 4.69) is 17.4 Å². The Morgan fingerprint density at radius 1 is 1.31 bits per heavy atom. The molecule has 0 bridgehead atoms. The molecular formula is C13H19NO2. The first-order valence-corrected chi connectivity index (χ1v) is 5.62. The lowest BCUT2D eigenvalue weighted by Gasteiger charge is -2.08. The molecule has 0 aliphatic rings. The van der Waals surface area contributed by atoms with Crippen LogP contribution in [-0.4, -0.2) is 25.2 Å². The zero-order chi connectivity index (χ0) is 11.8. The van der Waals surface area contributed by atoms with Gasteiger partial charge in [0.2, 0.25) is 0 Å². The molecular weight excluding hydrogens is 202 g/mol. The maximum absolute atomic E-state index is 11.2. The topological polar surface area (TPSA) is 38.3 Å². The van der Waals surface area contributed by atoms with E-state index in [4.69, 9.17) is 4.74 Å². The summed E-state index contributed by atoms with van der Waals surface area (Å²) in [4.78, 5) is 11.2. The number of hydrogen-bond donors (Lipinski definition) is 1. The summed E-state index contributed by atoms with van der Waals surface area (Å²) in [7, 11) is 0. The van der Waals surface area contributed by atoms with Crippen molar-refractivity contribution in [2.24, 2.45) is 0 Å². The van der Waals surface area contributed by atoms with Crippen LogP contribution in [0.2, 0.25) is 0 Å². The van der Waals surface area contributed by atoms with Crippen LogP contribution in [0.4, 0.5) is 0 Å². The Kier molecular flexibility index (Phi) is 5.57. The van der Waals surface area contributed by atoms with Gasteiger partial charge in [-0.05, 0) is 32.4 Å². The lowest BCUT2D eigenvalue weighted by Crippen LogP contribution is -2.28. The number of nitrogens with one attached hydrogen (secondary N) is 1. The molecule has 0 heterocycles. The highest BCUT2D eigenvalue weighted by atomic mass is 16.5. The van der Waals surface area contributed by atoms with E-state index in [1.54, 1.807) is 0 Å². The van der Waals surface area contributed by atoms with Gasteiger partial charge in [-0.2, -0.15) is 0 Å². The molecule has 0 saturated carbocycles. The van der Waals surface area contributed by atoms with E-state index in [9.17, 15) is 4.79 Å². The molecule has 16 heavy (non-hydrogen) atoms. The SMILES string of the molecule is CC(C)OC(=O)CNCCc1ccccc1. The summed E-state index contributed by atoms with van der Waals surface area (Å²) in [5, 5.41) is 3.06. The van der Waals surface area contributed by atoms with Crippen molar-refractivity contribution in [1.29, 1.82) is 0 Å². The quantitative estimate of drug-likeness (QED) is 0.587. The van der Waals surface area contributed by atoms with Crippen LogP contribution in [-0.2, 0) is 16.0 Å². The molecule has 0 aliphatic heterocycles. The van der Waals surface area contributed by atoms with Crippen LogP contribution in [0.25, 0.3) is 0 Å². The fraction of sp³-hybridized carbons (Fsp3) is 0.462. The molecule has 0 spiro atoms. The van der Waals surface area contributed by atoms with Crippen LogP contribution in [0.3, 0.4) is 0 Å². The van der Waals surface area contributed by atoms with Gasteiger partial charge in [0.25, 0.3) is 0 Å². The molecule has 0 aromatic heterocycles. The molecule has 0 fully saturated rings. The minimum Gasteiger partial charge on any atom is -0.462 e. The van der Waals surface area contributed by atoms with Gasteiger partial charge in [0.05, 0.1) is 12.6 Å². The van der Waals surface area contributed by atoms with E-state index in [-0.39, 0.29) is 18.6 Å². The third-order valence-electron chi connectivity index (χ3n) is 2.07. The molecule has 1 N–H and O–H groups in total. The first-order chi connectivity index (χ1) is 7.68. The number of ether oxygens (including phenoxy) is 1. The summed E-state index contributed by atoms with van der Waals surface area (Å²) in [6.45, 7) is 4.77. The van der Waals surface area contributed by atoms with Crippen molar-refractivity contribution in [3.8, 4) is 0 Å². The number of carbonyl (C=O) groups is 1. The zero-order valence-electron chi connectivity index (χ0n) is 9.90. The van der Waals surface area contributed by atoms with Gasteiger partial charge in [0, 0.05) is 0 Å². The minimum absolute atomic E-state index is 0.0385. The smallest absolute Gasteiger partial charge is 0.320 e. The van der Waals surface area contributed by atoms with E-state index >= 15 is 0 Å². The number of hydrogen-bond acceptors (Lipinski definition) is 3. The second-order valence-corrected chi connectivity index (χ2v) is 3.95. The number of carbonyl (C=O) groups excluding carboxylic acids is 1. The highest BCUT2D eigenvalue weighted by molar-refractivity contribution is 5.71. The van der Waals surface area contributed by atoms with Crippen LogP contribution >= 0.6 is 0 Å². The molecule has 1 aromatic rings. The molecule has 0 saturated heterocycles. The second-order valence-electron chi connectivity index (χ2n) is 3.95. The molecule has 0 amide bonds. The third-order valence-corrected chi connectivity index (χ3v) is 2.07. The first kappa shape index (κ1) is 12.7. The highest BCUT2D eigenvalue weighted by Gasteiger charge is 2.03. The highest BCUT2D eigenvalue weighted by Crippen LogP contribution is 1.98. The average Bonchev–Trinajstić information content (AvgIpc) is 2.25. The van der Waals surface area contributed by atoms with E-state index in [1.165, 1.54) is 5.56 Å². The largest absolute Gasteiger partial charge is 0.462 e. The summed E-state index contributed by atoms with van der Waals surface area (Å²) >= 11 is 0. The molecule has 0 aliphatic carbocycles. The summed E-state index contributed by atoms with van der Waals surface area (Å²) in [6, 6.07) is 10.2. The van der Waals surface area contributed by atoms with Gasteiger partial charge < -0.3 is 10.1 Å².